The van der Waals surface area contributed by atoms with E-state index in [-0.39, 0.29) is 12.1 Å². The zero-order valence-electron chi connectivity index (χ0n) is 23.2. The van der Waals surface area contributed by atoms with Gasteiger partial charge in [0.05, 0.1) is 26.2 Å². The molecule has 2 unspecified atom stereocenters. The van der Waals surface area contributed by atoms with Crippen LogP contribution in [0.4, 0.5) is 18.9 Å². The van der Waals surface area contributed by atoms with Crippen LogP contribution < -0.4 is 15.2 Å². The first-order chi connectivity index (χ1) is 20.2. The summed E-state index contributed by atoms with van der Waals surface area (Å²) >= 11 is 0. The van der Waals surface area contributed by atoms with Gasteiger partial charge in [-0.1, -0.05) is 66.7 Å². The maximum atomic E-state index is 13.5. The largest absolute Gasteiger partial charge is 0.542 e. The molecule has 0 amide bonds. The summed E-state index contributed by atoms with van der Waals surface area (Å²) in [5.74, 6) is -1.81. The lowest BCUT2D eigenvalue weighted by Crippen LogP contribution is -2.64. The van der Waals surface area contributed by atoms with Crippen LogP contribution in [0.3, 0.4) is 0 Å². The molecule has 3 aliphatic rings. The monoisotopic (exact) mass is 584 g/mol. The van der Waals surface area contributed by atoms with Crippen LogP contribution in [0.5, 0.6) is 5.75 Å². The number of nitrogens with zero attached hydrogens (tertiary/aromatic N) is 1. The van der Waals surface area contributed by atoms with Crippen LogP contribution in [-0.2, 0) is 14.3 Å². The number of ether oxygens (including phenoxy) is 2. The average Bonchev–Trinajstić information content (AvgIpc) is 3.00. The summed E-state index contributed by atoms with van der Waals surface area (Å²) in [6.07, 6.45) is -1.97. The second-order valence-corrected chi connectivity index (χ2v) is 10.7. The number of hydrogen-bond donors (Lipinski definition) is 1. The van der Waals surface area contributed by atoms with Crippen molar-refractivity contribution in [3.63, 3.8) is 0 Å². The molecule has 2 bridgehead atoms. The first kappa shape index (κ1) is 30.9. The summed E-state index contributed by atoms with van der Waals surface area (Å²) in [5.41, 5.74) is 1.83. The molecule has 0 aromatic heterocycles. The van der Waals surface area contributed by atoms with Gasteiger partial charge < -0.3 is 29.2 Å². The lowest BCUT2D eigenvalue weighted by molar-refractivity contribution is -0.946. The number of benzene rings is 3. The third-order valence-electron chi connectivity index (χ3n) is 7.78. The topological polar surface area (TPSA) is 87.7 Å². The number of alkyl halides is 3. The number of carbonyl (C=O) groups is 2. The zero-order valence-corrected chi connectivity index (χ0v) is 23.2. The fraction of sp³-hybridized carbons (Fsp3) is 0.375. The van der Waals surface area contributed by atoms with Gasteiger partial charge in [0, 0.05) is 30.9 Å². The predicted octanol–water partition coefficient (Wildman–Crippen LogP) is 4.76. The maximum Gasteiger partial charge on any atom is 0.430 e. The van der Waals surface area contributed by atoms with Crippen LogP contribution in [-0.4, -0.2) is 61.5 Å². The van der Waals surface area contributed by atoms with Crippen LogP contribution in [0.1, 0.15) is 30.9 Å². The average molecular weight is 585 g/mol. The highest BCUT2D eigenvalue weighted by atomic mass is 19.4. The number of carbonyl (C=O) groups excluding carboxylic acids is 2. The van der Waals surface area contributed by atoms with E-state index < -0.39 is 18.2 Å². The molecule has 7 nitrogen and oxygen atoms in total. The van der Waals surface area contributed by atoms with E-state index in [1.165, 1.54) is 13.1 Å². The van der Waals surface area contributed by atoms with Crippen molar-refractivity contribution >= 4 is 17.6 Å². The number of halogens is 3. The molecule has 3 aliphatic heterocycles. The molecule has 0 aliphatic carbocycles. The van der Waals surface area contributed by atoms with Gasteiger partial charge in [0.25, 0.3) is 0 Å². The number of aliphatic carboxylic acids is 1. The molecule has 3 saturated heterocycles. The Morgan fingerprint density at radius 1 is 0.905 bits per heavy atom. The Balaban J connectivity index is 0.000000517. The third-order valence-corrected chi connectivity index (χ3v) is 7.78. The first-order valence-corrected chi connectivity index (χ1v) is 14.0. The Kier molecular flexibility index (Phi) is 10.5. The van der Waals surface area contributed by atoms with Crippen molar-refractivity contribution < 1.29 is 41.8 Å². The summed E-state index contributed by atoms with van der Waals surface area (Å²) in [6.45, 7) is 5.05. The maximum absolute atomic E-state index is 13.5. The number of rotatable bonds is 10. The molecule has 3 aromatic rings. The molecule has 0 radical (unpaired) electrons. The van der Waals surface area contributed by atoms with Crippen molar-refractivity contribution in [2.24, 2.45) is 5.92 Å². The van der Waals surface area contributed by atoms with Crippen LogP contribution in [0.25, 0.3) is 0 Å². The van der Waals surface area contributed by atoms with Crippen molar-refractivity contribution in [1.29, 1.82) is 0 Å². The highest BCUT2D eigenvalue weighted by molar-refractivity contribution is 5.81. The van der Waals surface area contributed by atoms with Gasteiger partial charge >= 0.3 is 12.1 Å². The van der Waals surface area contributed by atoms with Gasteiger partial charge in [0.15, 0.2) is 12.1 Å². The molecule has 0 spiro atoms. The SMILES string of the molecule is O=C(OC1C[N+]2(CCCOc3ccccc3)CCC1CC2)C(Nc1ccccc1)c1ccccc1.O=C([O-])C(F)(F)F. The van der Waals surface area contributed by atoms with Crippen LogP contribution in [0.15, 0.2) is 91.0 Å². The van der Waals surface area contributed by atoms with Gasteiger partial charge in [-0.05, 0) is 29.8 Å². The summed E-state index contributed by atoms with van der Waals surface area (Å²) in [6, 6.07) is 29.2. The van der Waals surface area contributed by atoms with Gasteiger partial charge in [-0.2, -0.15) is 13.2 Å². The highest BCUT2D eigenvalue weighted by Gasteiger charge is 2.47. The van der Waals surface area contributed by atoms with E-state index in [9.17, 15) is 18.0 Å². The minimum Gasteiger partial charge on any atom is -0.542 e. The van der Waals surface area contributed by atoms with Crippen molar-refractivity contribution in [1.82, 2.24) is 0 Å². The number of hydrogen-bond acceptors (Lipinski definition) is 6. The predicted molar refractivity (Wildman–Crippen MR) is 149 cm³/mol. The molecule has 6 rings (SSSR count). The van der Waals surface area contributed by atoms with Gasteiger partial charge in [0.1, 0.15) is 18.3 Å². The fourth-order valence-corrected chi connectivity index (χ4v) is 5.62. The Morgan fingerprint density at radius 3 is 2.02 bits per heavy atom. The molecule has 224 valence electrons. The van der Waals surface area contributed by atoms with E-state index in [2.05, 4.69) is 5.32 Å². The van der Waals surface area contributed by atoms with Crippen molar-refractivity contribution in [3.8, 4) is 5.75 Å². The standard InChI is InChI=1S/C30H35N2O3.C2HF3O2/c33-30(29(25-11-4-1-5-12-25)31-26-13-6-2-7-14-26)35-28-23-32(20-17-24(28)18-21-32)19-10-22-34-27-15-8-3-9-16-27;3-2(4,5)1(6)7/h1-9,11-16,24,28-29,31H,10,17-23H2;(H,6,7)/q+1;/p-1. The van der Waals surface area contributed by atoms with Gasteiger partial charge in [0.2, 0.25) is 0 Å². The van der Waals surface area contributed by atoms with E-state index >= 15 is 0 Å². The molecule has 3 aromatic carbocycles. The van der Waals surface area contributed by atoms with E-state index in [1.807, 2.05) is 91.0 Å². The van der Waals surface area contributed by atoms with E-state index in [0.29, 0.717) is 5.92 Å². The minimum absolute atomic E-state index is 0.0242. The summed E-state index contributed by atoms with van der Waals surface area (Å²) in [4.78, 5) is 22.3. The minimum atomic E-state index is -5.19. The number of carboxylic acids is 1. The number of para-hydroxylation sites is 2. The van der Waals surface area contributed by atoms with E-state index in [4.69, 9.17) is 19.4 Å². The smallest absolute Gasteiger partial charge is 0.430 e. The number of fused-ring (bicyclic) bond motifs is 3. The Bertz CT molecular complexity index is 1270. The molecule has 0 saturated carbocycles. The second kappa shape index (κ2) is 14.2. The number of piperidine rings is 3. The van der Waals surface area contributed by atoms with Crippen LogP contribution in [0, 0.1) is 5.92 Å². The number of carboxylic acid groups (broad SMARTS) is 1. The number of quaternary nitrogens is 1. The lowest BCUT2D eigenvalue weighted by atomic mass is 9.83. The summed E-state index contributed by atoms with van der Waals surface area (Å²) in [7, 11) is 0. The summed E-state index contributed by atoms with van der Waals surface area (Å²) < 4.78 is 44.8. The molecule has 3 heterocycles. The van der Waals surface area contributed by atoms with Gasteiger partial charge in [-0.25, -0.2) is 4.79 Å². The molecule has 3 fully saturated rings. The van der Waals surface area contributed by atoms with Crippen LogP contribution >= 0.6 is 0 Å². The molecule has 1 N–H and O–H groups in total. The number of nitrogens with one attached hydrogen (secondary N) is 1. The normalized spacial score (nSPS) is 21.8. The Labute approximate surface area is 243 Å². The van der Waals surface area contributed by atoms with E-state index in [0.717, 1.165) is 60.4 Å². The molecular formula is C32H35F3N2O5. The molecule has 42 heavy (non-hydrogen) atoms. The summed E-state index contributed by atoms with van der Waals surface area (Å²) in [5, 5.41) is 12.2. The molecule has 2 atom stereocenters. The first-order valence-electron chi connectivity index (χ1n) is 14.0. The Hall–Kier alpha value is -4.05. The molecular weight excluding hydrogens is 549 g/mol. The van der Waals surface area contributed by atoms with Crippen LogP contribution in [0.2, 0.25) is 0 Å². The highest BCUT2D eigenvalue weighted by Crippen LogP contribution is 2.36. The van der Waals surface area contributed by atoms with Gasteiger partial charge in [-0.3, -0.25) is 0 Å². The number of anilines is 1. The van der Waals surface area contributed by atoms with Crippen molar-refractivity contribution in [2.75, 3.05) is 38.1 Å². The quantitative estimate of drug-likeness (QED) is 0.210. The lowest BCUT2D eigenvalue weighted by Gasteiger charge is -2.52. The van der Waals surface area contributed by atoms with E-state index in [1.54, 1.807) is 0 Å². The van der Waals surface area contributed by atoms with Crippen molar-refractivity contribution in [3.05, 3.63) is 96.6 Å². The van der Waals surface area contributed by atoms with Gasteiger partial charge in [-0.15, -0.1) is 0 Å². The molecule has 10 heteroatoms. The number of esters is 1. The fourth-order valence-electron chi connectivity index (χ4n) is 5.62. The zero-order chi connectivity index (χ0) is 30.0. The second-order valence-electron chi connectivity index (χ2n) is 10.7. The third kappa shape index (κ3) is 8.72. The Morgan fingerprint density at radius 2 is 1.45 bits per heavy atom. The van der Waals surface area contributed by atoms with Crippen molar-refractivity contribution in [2.45, 2.75) is 37.6 Å².